The third-order valence-electron chi connectivity index (χ3n) is 2.53. The minimum absolute atomic E-state index is 0.248. The largest absolute Gasteiger partial charge is 0.310 e. The molecule has 0 amide bonds. The van der Waals surface area contributed by atoms with Gasteiger partial charge < -0.3 is 5.32 Å². The van der Waals surface area contributed by atoms with E-state index in [0.717, 1.165) is 40.0 Å². The molecule has 0 saturated heterocycles. The molecule has 0 saturated carbocycles. The Kier molecular flexibility index (Phi) is 6.24. The Balaban J connectivity index is 2.93. The van der Waals surface area contributed by atoms with Crippen molar-refractivity contribution in [3.63, 3.8) is 0 Å². The lowest BCUT2D eigenvalue weighted by Crippen LogP contribution is -2.22. The fourth-order valence-corrected chi connectivity index (χ4v) is 2.37. The quantitative estimate of drug-likeness (QED) is 0.719. The van der Waals surface area contributed by atoms with Gasteiger partial charge >= 0.3 is 0 Å². The van der Waals surface area contributed by atoms with Crippen LogP contribution in [-0.2, 0) is 0 Å². The van der Waals surface area contributed by atoms with Crippen LogP contribution in [-0.4, -0.2) is 6.54 Å². The molecule has 3 heteroatoms. The molecular formula is C14H19BrClN. The second-order valence-electron chi connectivity index (χ2n) is 4.33. The maximum Gasteiger partial charge on any atom is 0.0454 e. The minimum Gasteiger partial charge on any atom is -0.310 e. The number of hydrogen-bond acceptors (Lipinski definition) is 1. The van der Waals surface area contributed by atoms with Crippen molar-refractivity contribution in [3.05, 3.63) is 45.4 Å². The predicted molar refractivity (Wildman–Crippen MR) is 79.6 cm³/mol. The highest BCUT2D eigenvalue weighted by atomic mass is 79.9. The molecule has 0 radical (unpaired) electrons. The van der Waals surface area contributed by atoms with Crippen LogP contribution in [0, 0.1) is 0 Å². The summed E-state index contributed by atoms with van der Waals surface area (Å²) in [5.74, 6) is 0. The molecule has 1 aromatic rings. The summed E-state index contributed by atoms with van der Waals surface area (Å²) >= 11 is 9.75. The van der Waals surface area contributed by atoms with Crippen molar-refractivity contribution in [2.75, 3.05) is 6.54 Å². The summed E-state index contributed by atoms with van der Waals surface area (Å²) in [6.07, 6.45) is 2.02. The van der Waals surface area contributed by atoms with Gasteiger partial charge in [-0.15, -0.1) is 6.58 Å². The first-order valence-corrected chi connectivity index (χ1v) is 7.04. The zero-order valence-corrected chi connectivity index (χ0v) is 12.7. The van der Waals surface area contributed by atoms with E-state index in [1.807, 2.05) is 19.1 Å². The molecule has 0 fully saturated rings. The van der Waals surface area contributed by atoms with Gasteiger partial charge in [-0.1, -0.05) is 40.0 Å². The molecule has 0 aliphatic rings. The summed E-state index contributed by atoms with van der Waals surface area (Å²) in [7, 11) is 0. The maximum absolute atomic E-state index is 6.26. The van der Waals surface area contributed by atoms with Gasteiger partial charge in [0.2, 0.25) is 0 Å². The summed E-state index contributed by atoms with van der Waals surface area (Å²) < 4.78 is 1.06. The Morgan fingerprint density at radius 1 is 1.53 bits per heavy atom. The summed E-state index contributed by atoms with van der Waals surface area (Å²) in [5, 5.41) is 4.33. The first kappa shape index (κ1) is 14.7. The van der Waals surface area contributed by atoms with Gasteiger partial charge in [0.05, 0.1) is 0 Å². The molecule has 0 spiro atoms. The molecule has 0 aliphatic heterocycles. The Morgan fingerprint density at radius 3 is 2.82 bits per heavy atom. The molecule has 0 bridgehead atoms. The van der Waals surface area contributed by atoms with E-state index in [2.05, 4.69) is 40.8 Å². The van der Waals surface area contributed by atoms with Crippen molar-refractivity contribution in [2.45, 2.75) is 32.7 Å². The zero-order chi connectivity index (χ0) is 12.8. The molecular weight excluding hydrogens is 298 g/mol. The Morgan fingerprint density at radius 2 is 2.24 bits per heavy atom. The van der Waals surface area contributed by atoms with Gasteiger partial charge in [-0.25, -0.2) is 0 Å². The highest BCUT2D eigenvalue weighted by molar-refractivity contribution is 9.10. The third-order valence-corrected chi connectivity index (χ3v) is 3.36. The van der Waals surface area contributed by atoms with Gasteiger partial charge in [0, 0.05) is 15.5 Å². The SMILES string of the molecule is C=C(C)CC(NCCC)c1cc(Br)ccc1Cl. The maximum atomic E-state index is 6.26. The number of hydrogen-bond donors (Lipinski definition) is 1. The van der Waals surface area contributed by atoms with E-state index < -0.39 is 0 Å². The smallest absolute Gasteiger partial charge is 0.0454 e. The van der Waals surface area contributed by atoms with Gasteiger partial charge in [-0.2, -0.15) is 0 Å². The van der Waals surface area contributed by atoms with Crippen LogP contribution in [0.5, 0.6) is 0 Å². The Labute approximate surface area is 117 Å². The lowest BCUT2D eigenvalue weighted by Gasteiger charge is -2.20. The molecule has 0 aromatic heterocycles. The van der Waals surface area contributed by atoms with E-state index in [0.29, 0.717) is 0 Å². The minimum atomic E-state index is 0.248. The number of nitrogens with one attached hydrogen (secondary N) is 1. The topological polar surface area (TPSA) is 12.0 Å². The molecule has 1 aromatic carbocycles. The van der Waals surface area contributed by atoms with E-state index in [9.17, 15) is 0 Å². The first-order chi connectivity index (χ1) is 8.04. The predicted octanol–water partition coefficient (Wildman–Crippen LogP) is 5.11. The van der Waals surface area contributed by atoms with Crippen molar-refractivity contribution < 1.29 is 0 Å². The summed E-state index contributed by atoms with van der Waals surface area (Å²) in [6, 6.07) is 6.22. The molecule has 0 aliphatic carbocycles. The zero-order valence-electron chi connectivity index (χ0n) is 10.4. The van der Waals surface area contributed by atoms with Gasteiger partial charge in [-0.05, 0) is 50.1 Å². The summed E-state index contributed by atoms with van der Waals surface area (Å²) in [5.41, 5.74) is 2.30. The molecule has 1 rings (SSSR count). The van der Waals surface area contributed by atoms with E-state index in [1.165, 1.54) is 0 Å². The molecule has 94 valence electrons. The number of benzene rings is 1. The van der Waals surface area contributed by atoms with Gasteiger partial charge in [0.25, 0.3) is 0 Å². The lowest BCUT2D eigenvalue weighted by molar-refractivity contribution is 0.528. The molecule has 0 heterocycles. The fourth-order valence-electron chi connectivity index (χ4n) is 1.74. The second-order valence-corrected chi connectivity index (χ2v) is 5.66. The van der Waals surface area contributed by atoms with Crippen LogP contribution < -0.4 is 5.32 Å². The van der Waals surface area contributed by atoms with Crippen molar-refractivity contribution in [1.29, 1.82) is 0 Å². The van der Waals surface area contributed by atoms with Crippen molar-refractivity contribution in [2.24, 2.45) is 0 Å². The molecule has 1 nitrogen and oxygen atoms in total. The van der Waals surface area contributed by atoms with E-state index >= 15 is 0 Å². The first-order valence-electron chi connectivity index (χ1n) is 5.87. The summed E-state index contributed by atoms with van der Waals surface area (Å²) in [6.45, 7) is 9.18. The second kappa shape index (κ2) is 7.20. The van der Waals surface area contributed by atoms with Crippen molar-refractivity contribution >= 4 is 27.5 Å². The van der Waals surface area contributed by atoms with Gasteiger partial charge in [0.15, 0.2) is 0 Å². The van der Waals surface area contributed by atoms with Gasteiger partial charge in [0.1, 0.15) is 0 Å². The average Bonchev–Trinajstić information content (AvgIpc) is 2.27. The van der Waals surface area contributed by atoms with Crippen molar-refractivity contribution in [1.82, 2.24) is 5.32 Å². The highest BCUT2D eigenvalue weighted by Crippen LogP contribution is 2.29. The van der Waals surface area contributed by atoms with E-state index in [4.69, 9.17) is 11.6 Å². The summed E-state index contributed by atoms with van der Waals surface area (Å²) in [4.78, 5) is 0. The van der Waals surface area contributed by atoms with Crippen LogP contribution in [0.25, 0.3) is 0 Å². The van der Waals surface area contributed by atoms with Crippen LogP contribution >= 0.6 is 27.5 Å². The van der Waals surface area contributed by atoms with Crippen LogP contribution in [0.1, 0.15) is 38.3 Å². The monoisotopic (exact) mass is 315 g/mol. The average molecular weight is 317 g/mol. The highest BCUT2D eigenvalue weighted by Gasteiger charge is 2.14. The van der Waals surface area contributed by atoms with Crippen LogP contribution in [0.2, 0.25) is 5.02 Å². The van der Waals surface area contributed by atoms with E-state index in [-0.39, 0.29) is 6.04 Å². The molecule has 1 unspecified atom stereocenters. The normalized spacial score (nSPS) is 12.5. The van der Waals surface area contributed by atoms with Crippen LogP contribution in [0.3, 0.4) is 0 Å². The molecule has 1 N–H and O–H groups in total. The number of rotatable bonds is 6. The fraction of sp³-hybridized carbons (Fsp3) is 0.429. The van der Waals surface area contributed by atoms with Crippen molar-refractivity contribution in [3.8, 4) is 0 Å². The van der Waals surface area contributed by atoms with Crippen LogP contribution in [0.15, 0.2) is 34.8 Å². The van der Waals surface area contributed by atoms with Gasteiger partial charge in [-0.3, -0.25) is 0 Å². The molecule has 1 atom stereocenters. The molecule has 17 heavy (non-hydrogen) atoms. The third kappa shape index (κ3) is 4.82. The lowest BCUT2D eigenvalue weighted by atomic mass is 10.00. The standard InChI is InChI=1S/C14H19BrClN/c1-4-7-17-14(8-10(2)3)12-9-11(15)5-6-13(12)16/h5-6,9,14,17H,2,4,7-8H2,1,3H3. The Bertz CT molecular complexity index is 390. The number of halogens is 2. The van der Waals surface area contributed by atoms with Crippen LogP contribution in [0.4, 0.5) is 0 Å². The van der Waals surface area contributed by atoms with E-state index in [1.54, 1.807) is 0 Å². The Hall–Kier alpha value is -0.310.